The van der Waals surface area contributed by atoms with Crippen LogP contribution in [0.4, 0.5) is 18.9 Å². The van der Waals surface area contributed by atoms with Crippen LogP contribution in [0.15, 0.2) is 72.8 Å². The Morgan fingerprint density at radius 3 is 2.38 bits per heavy atom. The van der Waals surface area contributed by atoms with Crippen LogP contribution < -0.4 is 4.90 Å². The quantitative estimate of drug-likeness (QED) is 0.263. The molecule has 39 heavy (non-hydrogen) atoms. The van der Waals surface area contributed by atoms with E-state index < -0.39 is 17.8 Å². The molecular formula is C31H30F3N3O2. The van der Waals surface area contributed by atoms with Gasteiger partial charge in [-0.05, 0) is 60.6 Å². The number of hydrogen-bond acceptors (Lipinski definition) is 3. The van der Waals surface area contributed by atoms with Gasteiger partial charge in [-0.1, -0.05) is 60.7 Å². The predicted molar refractivity (Wildman–Crippen MR) is 144 cm³/mol. The molecule has 0 N–H and O–H groups in total. The fourth-order valence-electron chi connectivity index (χ4n) is 5.47. The Kier molecular flexibility index (Phi) is 7.55. The van der Waals surface area contributed by atoms with Gasteiger partial charge in [-0.15, -0.1) is 0 Å². The second kappa shape index (κ2) is 11.0. The van der Waals surface area contributed by atoms with E-state index >= 15 is 0 Å². The number of carbonyl (C=O) groups is 2. The lowest BCUT2D eigenvalue weighted by atomic mass is 9.92. The smallest absolute Gasteiger partial charge is 0.315 e. The van der Waals surface area contributed by atoms with E-state index in [4.69, 9.17) is 0 Å². The summed E-state index contributed by atoms with van der Waals surface area (Å²) in [5, 5.41) is 5.88. The average Bonchev–Trinajstić information content (AvgIpc) is 3.31. The third-order valence-corrected chi connectivity index (χ3v) is 7.45. The molecular weight excluding hydrogens is 503 g/mol. The molecule has 3 aromatic carbocycles. The summed E-state index contributed by atoms with van der Waals surface area (Å²) in [6.07, 6.45) is -2.12. The van der Waals surface area contributed by atoms with E-state index in [0.29, 0.717) is 37.1 Å². The number of hydrogen-bond donors (Lipinski definition) is 0. The van der Waals surface area contributed by atoms with Gasteiger partial charge >= 0.3 is 6.18 Å². The highest BCUT2D eigenvalue weighted by molar-refractivity contribution is 5.99. The molecule has 5 rings (SSSR count). The van der Waals surface area contributed by atoms with Gasteiger partial charge in [0.25, 0.3) is 0 Å². The van der Waals surface area contributed by atoms with Gasteiger partial charge in [-0.25, -0.2) is 0 Å². The summed E-state index contributed by atoms with van der Waals surface area (Å²) in [6, 6.07) is 23.0. The first kappa shape index (κ1) is 26.7. The minimum Gasteiger partial charge on any atom is -0.315 e. The normalized spacial score (nSPS) is 14.2. The summed E-state index contributed by atoms with van der Waals surface area (Å²) >= 11 is 0. The molecule has 1 amide bonds. The van der Waals surface area contributed by atoms with Gasteiger partial charge in [0.2, 0.25) is 5.91 Å². The number of alkyl halides is 3. The number of benzene rings is 3. The van der Waals surface area contributed by atoms with Crippen LogP contribution in [0.3, 0.4) is 0 Å². The zero-order chi connectivity index (χ0) is 27.6. The Labute approximate surface area is 225 Å². The van der Waals surface area contributed by atoms with Gasteiger partial charge in [-0.3, -0.25) is 14.3 Å². The predicted octanol–water partition coefficient (Wildman–Crippen LogP) is 6.42. The second-order valence-electron chi connectivity index (χ2n) is 10.2. The van der Waals surface area contributed by atoms with E-state index in [1.165, 1.54) is 4.68 Å². The number of nitrogens with zero attached hydrogens (tertiary/aromatic N) is 3. The molecule has 1 aliphatic carbocycles. The van der Waals surface area contributed by atoms with Crippen LogP contribution in [0.25, 0.3) is 10.8 Å². The fourth-order valence-corrected chi connectivity index (χ4v) is 5.47. The van der Waals surface area contributed by atoms with Gasteiger partial charge in [0.05, 0.1) is 6.54 Å². The number of Topliss-reactive ketones (excluding diaryl/α,β-unsaturated/α-hetero) is 1. The molecule has 1 unspecified atom stereocenters. The maximum absolute atomic E-state index is 13.7. The number of anilines is 1. The summed E-state index contributed by atoms with van der Waals surface area (Å²) < 4.78 is 42.1. The van der Waals surface area contributed by atoms with Crippen molar-refractivity contribution in [2.45, 2.75) is 51.2 Å². The van der Waals surface area contributed by atoms with Crippen LogP contribution in [-0.2, 0) is 41.6 Å². The minimum atomic E-state index is -4.57. The van der Waals surface area contributed by atoms with E-state index in [9.17, 15) is 22.8 Å². The molecule has 0 radical (unpaired) electrons. The van der Waals surface area contributed by atoms with Gasteiger partial charge in [0.1, 0.15) is 0 Å². The lowest BCUT2D eigenvalue weighted by molar-refractivity contribution is -0.142. The minimum absolute atomic E-state index is 0.0956. The third kappa shape index (κ3) is 5.90. The summed E-state index contributed by atoms with van der Waals surface area (Å²) in [5.74, 6) is -1.22. The van der Waals surface area contributed by atoms with Crippen molar-refractivity contribution in [3.8, 4) is 0 Å². The Hall–Kier alpha value is -3.94. The van der Waals surface area contributed by atoms with Crippen molar-refractivity contribution in [1.29, 1.82) is 0 Å². The zero-order valence-electron chi connectivity index (χ0n) is 21.7. The first-order chi connectivity index (χ1) is 18.7. The van der Waals surface area contributed by atoms with Gasteiger partial charge in [-0.2, -0.15) is 18.3 Å². The van der Waals surface area contributed by atoms with Crippen LogP contribution in [-0.4, -0.2) is 28.5 Å². The Bertz CT molecular complexity index is 1490. The summed E-state index contributed by atoms with van der Waals surface area (Å²) in [6.45, 7) is -0.281. The standard InChI is InChI=1S/C31H30F3N3O2/c1-36(25-16-15-22-11-5-6-12-23(22)18-25)30(39)24(17-21-9-3-2-4-10-21)19-26(38)20-37-28-14-8-7-13-27(28)29(35-37)31(32,33)34/h2-6,9-12,15-16,18,24H,7-8,13-14,17,19-20H2,1H3. The van der Waals surface area contributed by atoms with Gasteiger partial charge < -0.3 is 4.90 Å². The van der Waals surface area contributed by atoms with Crippen molar-refractivity contribution < 1.29 is 22.8 Å². The van der Waals surface area contributed by atoms with E-state index in [1.54, 1.807) is 11.9 Å². The second-order valence-corrected chi connectivity index (χ2v) is 10.2. The first-order valence-electron chi connectivity index (χ1n) is 13.2. The third-order valence-electron chi connectivity index (χ3n) is 7.45. The summed E-state index contributed by atoms with van der Waals surface area (Å²) in [5.41, 5.74) is 1.42. The van der Waals surface area contributed by atoms with Crippen LogP contribution in [0.1, 0.15) is 41.8 Å². The van der Waals surface area contributed by atoms with Crippen molar-refractivity contribution in [1.82, 2.24) is 9.78 Å². The molecule has 8 heteroatoms. The van der Waals surface area contributed by atoms with Gasteiger partial charge in [0.15, 0.2) is 11.5 Å². The molecule has 0 aliphatic heterocycles. The highest BCUT2D eigenvalue weighted by Gasteiger charge is 2.39. The van der Waals surface area contributed by atoms with Crippen molar-refractivity contribution in [2.24, 2.45) is 5.92 Å². The summed E-state index contributed by atoms with van der Waals surface area (Å²) in [7, 11) is 1.69. The molecule has 1 aliphatic rings. The highest BCUT2D eigenvalue weighted by Crippen LogP contribution is 2.36. The zero-order valence-corrected chi connectivity index (χ0v) is 21.7. The molecule has 0 saturated carbocycles. The number of carbonyl (C=O) groups excluding carboxylic acids is 2. The van der Waals surface area contributed by atoms with Crippen LogP contribution in [0.2, 0.25) is 0 Å². The number of fused-ring (bicyclic) bond motifs is 2. The van der Waals surface area contributed by atoms with Crippen LogP contribution in [0, 0.1) is 5.92 Å². The Morgan fingerprint density at radius 2 is 1.64 bits per heavy atom. The molecule has 1 heterocycles. The van der Waals surface area contributed by atoms with E-state index in [1.807, 2.05) is 72.8 Å². The van der Waals surface area contributed by atoms with Gasteiger partial charge in [0, 0.05) is 36.3 Å². The van der Waals surface area contributed by atoms with Crippen molar-refractivity contribution in [3.63, 3.8) is 0 Å². The van der Waals surface area contributed by atoms with Crippen LogP contribution >= 0.6 is 0 Å². The Morgan fingerprint density at radius 1 is 0.949 bits per heavy atom. The molecule has 4 aromatic rings. The van der Waals surface area contributed by atoms with Crippen molar-refractivity contribution in [2.75, 3.05) is 11.9 Å². The maximum Gasteiger partial charge on any atom is 0.435 e. The number of aromatic nitrogens is 2. The SMILES string of the molecule is CN(C(=O)C(CC(=O)Cn1nc(C(F)(F)F)c2c1CCCC2)Cc1ccccc1)c1ccc2ccccc2c1. The van der Waals surface area contributed by atoms with E-state index in [-0.39, 0.29) is 30.2 Å². The molecule has 5 nitrogen and oxygen atoms in total. The molecule has 202 valence electrons. The monoisotopic (exact) mass is 533 g/mol. The van der Waals surface area contributed by atoms with E-state index in [0.717, 1.165) is 22.8 Å². The van der Waals surface area contributed by atoms with Crippen LogP contribution in [0.5, 0.6) is 0 Å². The number of halogens is 3. The van der Waals surface area contributed by atoms with Crippen molar-refractivity contribution >= 4 is 28.2 Å². The number of amides is 1. The lowest BCUT2D eigenvalue weighted by Gasteiger charge is -2.24. The molecule has 0 spiro atoms. The molecule has 0 bridgehead atoms. The maximum atomic E-state index is 13.7. The number of ketones is 1. The molecule has 0 fully saturated rings. The molecule has 1 atom stereocenters. The topological polar surface area (TPSA) is 55.2 Å². The largest absolute Gasteiger partial charge is 0.435 e. The lowest BCUT2D eigenvalue weighted by Crippen LogP contribution is -2.35. The number of rotatable bonds is 8. The summed E-state index contributed by atoms with van der Waals surface area (Å²) in [4.78, 5) is 28.6. The Balaban J connectivity index is 1.39. The highest BCUT2D eigenvalue weighted by atomic mass is 19.4. The first-order valence-corrected chi connectivity index (χ1v) is 13.2. The fraction of sp³-hybridized carbons (Fsp3) is 0.323. The van der Waals surface area contributed by atoms with Crippen molar-refractivity contribution in [3.05, 3.63) is 95.3 Å². The average molecular weight is 534 g/mol. The molecule has 0 saturated heterocycles. The van der Waals surface area contributed by atoms with E-state index in [2.05, 4.69) is 5.10 Å². The molecule has 1 aromatic heterocycles.